The van der Waals surface area contributed by atoms with Crippen molar-refractivity contribution in [2.24, 2.45) is 0 Å². The van der Waals surface area contributed by atoms with Gasteiger partial charge in [0.15, 0.2) is 0 Å². The second-order valence-corrected chi connectivity index (χ2v) is 7.77. The molecular weight excluding hydrogens is 355 g/mol. The number of hydrogen-bond acceptors (Lipinski definition) is 4. The molecule has 5 nitrogen and oxygen atoms in total. The molecule has 0 spiro atoms. The lowest BCUT2D eigenvalue weighted by Crippen LogP contribution is -2.22. The number of amides is 1. The van der Waals surface area contributed by atoms with Crippen LogP contribution in [0.25, 0.3) is 11.1 Å². The molecule has 0 aliphatic rings. The number of aryl methyl sites for hydroxylation is 2. The van der Waals surface area contributed by atoms with Crippen LogP contribution in [0.3, 0.4) is 0 Å². The molecule has 6 heteroatoms. The van der Waals surface area contributed by atoms with Gasteiger partial charge in [-0.1, -0.05) is 32.9 Å². The average Bonchev–Trinajstić information content (AvgIpc) is 2.65. The van der Waals surface area contributed by atoms with Gasteiger partial charge >= 0.3 is 0 Å². The molecule has 1 aromatic carbocycles. The predicted molar refractivity (Wildman–Crippen MR) is 108 cm³/mol. The average molecular weight is 378 g/mol. The molecule has 2 aromatic heterocycles. The summed E-state index contributed by atoms with van der Waals surface area (Å²) >= 11 is 0. The molecule has 144 valence electrons. The van der Waals surface area contributed by atoms with E-state index in [-0.39, 0.29) is 5.41 Å². The Balaban J connectivity index is 2.22. The van der Waals surface area contributed by atoms with Crippen LogP contribution in [0.5, 0.6) is 0 Å². The zero-order valence-corrected chi connectivity index (χ0v) is 16.7. The van der Waals surface area contributed by atoms with Crippen LogP contribution in [0.15, 0.2) is 42.9 Å². The van der Waals surface area contributed by atoms with Gasteiger partial charge in [0, 0.05) is 30.2 Å². The molecule has 0 N–H and O–H groups in total. The van der Waals surface area contributed by atoms with E-state index in [0.717, 1.165) is 16.7 Å². The highest BCUT2D eigenvalue weighted by Crippen LogP contribution is 2.38. The van der Waals surface area contributed by atoms with E-state index in [1.807, 2.05) is 25.1 Å². The van der Waals surface area contributed by atoms with Crippen LogP contribution in [-0.2, 0) is 10.2 Å². The maximum atomic E-state index is 13.8. The summed E-state index contributed by atoms with van der Waals surface area (Å²) in [4.78, 5) is 25.7. The maximum absolute atomic E-state index is 13.8. The topological polar surface area (TPSA) is 59.0 Å². The third-order valence-electron chi connectivity index (χ3n) is 4.59. The van der Waals surface area contributed by atoms with Crippen molar-refractivity contribution in [2.45, 2.75) is 40.0 Å². The van der Waals surface area contributed by atoms with Crippen molar-refractivity contribution in [3.05, 3.63) is 65.8 Å². The highest BCUT2D eigenvalue weighted by atomic mass is 19.1. The third-order valence-corrected chi connectivity index (χ3v) is 4.59. The van der Waals surface area contributed by atoms with E-state index < -0.39 is 5.95 Å². The number of halogens is 1. The maximum Gasteiger partial charge on any atom is 0.218 e. The van der Waals surface area contributed by atoms with Crippen LogP contribution in [0, 0.1) is 19.8 Å². The highest BCUT2D eigenvalue weighted by Gasteiger charge is 2.24. The van der Waals surface area contributed by atoms with Gasteiger partial charge in [-0.25, -0.2) is 15.0 Å². The molecule has 0 saturated heterocycles. The number of rotatable bonds is 4. The molecule has 0 unspecified atom stereocenters. The molecular formula is C22H23FN4O. The van der Waals surface area contributed by atoms with Gasteiger partial charge in [-0.15, -0.1) is 0 Å². The van der Waals surface area contributed by atoms with Gasteiger partial charge in [0.25, 0.3) is 0 Å². The van der Waals surface area contributed by atoms with Crippen LogP contribution in [-0.4, -0.2) is 21.4 Å². The van der Waals surface area contributed by atoms with Gasteiger partial charge in [-0.3, -0.25) is 9.69 Å². The van der Waals surface area contributed by atoms with Crippen molar-refractivity contribution in [2.75, 3.05) is 4.90 Å². The lowest BCUT2D eigenvalue weighted by Gasteiger charge is -2.29. The Labute approximate surface area is 164 Å². The lowest BCUT2D eigenvalue weighted by atomic mass is 9.84. The third kappa shape index (κ3) is 3.91. The van der Waals surface area contributed by atoms with Gasteiger partial charge in [-0.05, 0) is 42.0 Å². The van der Waals surface area contributed by atoms with E-state index in [1.54, 1.807) is 19.3 Å². The standard InChI is InChI=1S/C22H23FN4O/c1-14-10-26-21(23)9-19(14)27(13-28)20-8-16(6-7-18(20)22(3,4)5)17-11-24-15(2)25-12-17/h6-13H,1-5H3. The fourth-order valence-corrected chi connectivity index (χ4v) is 3.08. The molecule has 28 heavy (non-hydrogen) atoms. The predicted octanol–water partition coefficient (Wildman–Crippen LogP) is 4.89. The fraction of sp³-hybridized carbons (Fsp3) is 0.273. The van der Waals surface area contributed by atoms with Crippen molar-refractivity contribution in [1.82, 2.24) is 15.0 Å². The first-order valence-electron chi connectivity index (χ1n) is 9.01. The van der Waals surface area contributed by atoms with Crippen LogP contribution >= 0.6 is 0 Å². The van der Waals surface area contributed by atoms with Crippen LogP contribution in [0.4, 0.5) is 15.8 Å². The number of benzene rings is 1. The van der Waals surface area contributed by atoms with Crippen LogP contribution < -0.4 is 4.90 Å². The smallest absolute Gasteiger partial charge is 0.218 e. The largest absolute Gasteiger partial charge is 0.283 e. The van der Waals surface area contributed by atoms with E-state index in [2.05, 4.69) is 35.7 Å². The number of anilines is 2. The van der Waals surface area contributed by atoms with Gasteiger partial charge in [0.2, 0.25) is 12.4 Å². The molecule has 1 amide bonds. The Morgan fingerprint density at radius 3 is 2.21 bits per heavy atom. The zero-order valence-electron chi connectivity index (χ0n) is 16.7. The molecule has 0 aliphatic heterocycles. The normalized spacial score (nSPS) is 11.4. The second-order valence-electron chi connectivity index (χ2n) is 7.77. The second kappa shape index (κ2) is 7.46. The minimum absolute atomic E-state index is 0.224. The van der Waals surface area contributed by atoms with Crippen molar-refractivity contribution in [1.29, 1.82) is 0 Å². The molecule has 0 radical (unpaired) electrons. The molecule has 0 aliphatic carbocycles. The summed E-state index contributed by atoms with van der Waals surface area (Å²) in [6.07, 6.45) is 5.64. The van der Waals surface area contributed by atoms with E-state index in [4.69, 9.17) is 0 Å². The van der Waals surface area contributed by atoms with Crippen molar-refractivity contribution >= 4 is 17.8 Å². The number of carbonyl (C=O) groups is 1. The quantitative estimate of drug-likeness (QED) is 0.479. The summed E-state index contributed by atoms with van der Waals surface area (Å²) in [5.74, 6) is 0.0561. The summed E-state index contributed by atoms with van der Waals surface area (Å²) in [6, 6.07) is 7.17. The Kier molecular flexibility index (Phi) is 5.23. The number of carbonyl (C=O) groups excluding carboxylic acids is 1. The number of aromatic nitrogens is 3. The molecule has 0 saturated carbocycles. The highest BCUT2D eigenvalue weighted by molar-refractivity contribution is 5.90. The zero-order chi connectivity index (χ0) is 20.5. The molecule has 0 fully saturated rings. The van der Waals surface area contributed by atoms with Crippen LogP contribution in [0.2, 0.25) is 0 Å². The fourth-order valence-electron chi connectivity index (χ4n) is 3.08. The lowest BCUT2D eigenvalue weighted by molar-refractivity contribution is -0.106. The van der Waals surface area contributed by atoms with Crippen LogP contribution in [0.1, 0.15) is 37.7 Å². The van der Waals surface area contributed by atoms with Gasteiger partial charge in [0.05, 0.1) is 11.4 Å². The van der Waals surface area contributed by atoms with Crippen molar-refractivity contribution < 1.29 is 9.18 Å². The van der Waals surface area contributed by atoms with E-state index in [0.29, 0.717) is 29.2 Å². The Hall–Kier alpha value is -3.15. The number of pyridine rings is 1. The van der Waals surface area contributed by atoms with Gasteiger partial charge < -0.3 is 0 Å². The molecule has 0 atom stereocenters. The summed E-state index contributed by atoms with van der Waals surface area (Å²) < 4.78 is 13.8. The molecule has 2 heterocycles. The Bertz CT molecular complexity index is 1010. The molecule has 0 bridgehead atoms. The number of nitrogens with zero attached hydrogens (tertiary/aromatic N) is 4. The molecule has 3 rings (SSSR count). The van der Waals surface area contributed by atoms with E-state index in [1.165, 1.54) is 17.2 Å². The summed E-state index contributed by atoms with van der Waals surface area (Å²) in [6.45, 7) is 9.84. The van der Waals surface area contributed by atoms with Crippen molar-refractivity contribution in [3.8, 4) is 11.1 Å². The number of hydrogen-bond donors (Lipinski definition) is 0. The first kappa shape index (κ1) is 19.6. The Morgan fingerprint density at radius 2 is 1.61 bits per heavy atom. The van der Waals surface area contributed by atoms with Gasteiger partial charge in [-0.2, -0.15) is 4.39 Å². The van der Waals surface area contributed by atoms with E-state index >= 15 is 0 Å². The minimum atomic E-state index is -0.632. The van der Waals surface area contributed by atoms with Crippen molar-refractivity contribution in [3.63, 3.8) is 0 Å². The van der Waals surface area contributed by atoms with E-state index in [9.17, 15) is 9.18 Å². The monoisotopic (exact) mass is 378 g/mol. The Morgan fingerprint density at radius 1 is 0.929 bits per heavy atom. The first-order chi connectivity index (χ1) is 13.2. The first-order valence-corrected chi connectivity index (χ1v) is 9.01. The molecule has 3 aromatic rings. The minimum Gasteiger partial charge on any atom is -0.283 e. The summed E-state index contributed by atoms with van der Waals surface area (Å²) in [7, 11) is 0. The summed E-state index contributed by atoms with van der Waals surface area (Å²) in [5, 5.41) is 0. The summed E-state index contributed by atoms with van der Waals surface area (Å²) in [5.41, 5.74) is 4.32. The van der Waals surface area contributed by atoms with Gasteiger partial charge in [0.1, 0.15) is 5.82 Å². The SMILES string of the molecule is Cc1ncc(-c2ccc(C(C)(C)C)c(N(C=O)c3cc(F)ncc3C)c2)cn1.